The van der Waals surface area contributed by atoms with Crippen molar-refractivity contribution in [2.45, 2.75) is 19.5 Å². The third-order valence-electron chi connectivity index (χ3n) is 4.23. The average molecular weight is 296 g/mol. The van der Waals surface area contributed by atoms with Crippen molar-refractivity contribution in [2.24, 2.45) is 7.05 Å². The van der Waals surface area contributed by atoms with E-state index in [0.717, 1.165) is 37.8 Å². The zero-order chi connectivity index (χ0) is 15.5. The molecular weight excluding hydrogens is 276 g/mol. The lowest BCUT2D eigenvalue weighted by molar-refractivity contribution is 0.174. The Morgan fingerprint density at radius 2 is 2.18 bits per heavy atom. The summed E-state index contributed by atoms with van der Waals surface area (Å²) in [5.41, 5.74) is 0.602. The smallest absolute Gasteiger partial charge is 0.128 e. The molecule has 1 saturated heterocycles. The number of nitrogens with zero attached hydrogens (tertiary/aromatic N) is 6. The maximum atomic E-state index is 8.84. The van der Waals surface area contributed by atoms with Crippen LogP contribution in [0.5, 0.6) is 0 Å². The fraction of sp³-hybridized carbons (Fsp3) is 0.438. The lowest BCUT2D eigenvalue weighted by Gasteiger charge is -2.40. The Balaban J connectivity index is 1.64. The zero-order valence-electron chi connectivity index (χ0n) is 13.0. The summed E-state index contributed by atoms with van der Waals surface area (Å²) in [5.74, 6) is 2.04. The predicted molar refractivity (Wildman–Crippen MR) is 84.2 cm³/mol. The highest BCUT2D eigenvalue weighted by Gasteiger charge is 2.25. The number of aromatic nitrogens is 3. The van der Waals surface area contributed by atoms with E-state index in [1.54, 1.807) is 6.20 Å². The van der Waals surface area contributed by atoms with E-state index in [-0.39, 0.29) is 0 Å². The lowest BCUT2D eigenvalue weighted by atomic mass is 10.2. The lowest BCUT2D eigenvalue weighted by Crippen LogP contribution is -2.51. The molecule has 1 aliphatic heterocycles. The maximum absolute atomic E-state index is 8.84. The van der Waals surface area contributed by atoms with Gasteiger partial charge in [-0.15, -0.1) is 0 Å². The van der Waals surface area contributed by atoms with Gasteiger partial charge >= 0.3 is 0 Å². The van der Waals surface area contributed by atoms with Gasteiger partial charge in [0.15, 0.2) is 0 Å². The van der Waals surface area contributed by atoms with Crippen LogP contribution >= 0.6 is 0 Å². The molecule has 1 atom stereocenters. The molecule has 1 aliphatic rings. The number of anilines is 1. The quantitative estimate of drug-likeness (QED) is 0.857. The second-order valence-corrected chi connectivity index (χ2v) is 5.74. The standard InChI is InChI=1S/C16H20N6/c1-13-11-22(15-4-3-14(9-17)10-19-15)8-7-21(13)12-16-18-5-6-20(16)2/h3-6,10,13H,7-8,11-12H2,1-2H3/t13-/m0/s1. The Hall–Kier alpha value is -2.39. The van der Waals surface area contributed by atoms with Gasteiger partial charge in [-0.2, -0.15) is 5.26 Å². The molecule has 0 bridgehead atoms. The van der Waals surface area contributed by atoms with Crippen LogP contribution < -0.4 is 4.90 Å². The molecule has 0 saturated carbocycles. The highest BCUT2D eigenvalue weighted by molar-refractivity contribution is 5.42. The van der Waals surface area contributed by atoms with Crippen LogP contribution in [-0.4, -0.2) is 45.1 Å². The number of piperazine rings is 1. The molecule has 6 heteroatoms. The van der Waals surface area contributed by atoms with Crippen LogP contribution in [0.1, 0.15) is 18.3 Å². The van der Waals surface area contributed by atoms with Crippen LogP contribution in [0, 0.1) is 11.3 Å². The summed E-state index contributed by atoms with van der Waals surface area (Å²) in [6, 6.07) is 6.29. The van der Waals surface area contributed by atoms with Crippen LogP contribution in [0.3, 0.4) is 0 Å². The molecule has 6 nitrogen and oxygen atoms in total. The Labute approximate surface area is 130 Å². The van der Waals surface area contributed by atoms with E-state index in [2.05, 4.69) is 37.3 Å². The Bertz CT molecular complexity index is 669. The highest BCUT2D eigenvalue weighted by atomic mass is 15.3. The summed E-state index contributed by atoms with van der Waals surface area (Å²) in [6.45, 7) is 5.96. The molecular formula is C16H20N6. The first-order chi connectivity index (χ1) is 10.7. The first-order valence-corrected chi connectivity index (χ1v) is 7.48. The number of nitriles is 1. The average Bonchev–Trinajstić information content (AvgIpc) is 2.94. The minimum Gasteiger partial charge on any atom is -0.354 e. The fourth-order valence-electron chi connectivity index (χ4n) is 2.81. The van der Waals surface area contributed by atoms with Crippen molar-refractivity contribution in [1.82, 2.24) is 19.4 Å². The van der Waals surface area contributed by atoms with E-state index in [9.17, 15) is 0 Å². The normalized spacial score (nSPS) is 19.1. The van der Waals surface area contributed by atoms with E-state index < -0.39 is 0 Å². The van der Waals surface area contributed by atoms with Gasteiger partial charge in [0.05, 0.1) is 12.1 Å². The minimum absolute atomic E-state index is 0.433. The third-order valence-corrected chi connectivity index (χ3v) is 4.23. The molecule has 0 aromatic carbocycles. The predicted octanol–water partition coefficient (Wildman–Crippen LogP) is 1.40. The molecule has 1 fully saturated rings. The van der Waals surface area contributed by atoms with Crippen LogP contribution in [0.15, 0.2) is 30.7 Å². The zero-order valence-corrected chi connectivity index (χ0v) is 13.0. The van der Waals surface area contributed by atoms with Crippen molar-refractivity contribution in [3.05, 3.63) is 42.1 Å². The molecule has 0 amide bonds. The summed E-state index contributed by atoms with van der Waals surface area (Å²) < 4.78 is 2.07. The topological polar surface area (TPSA) is 61.0 Å². The van der Waals surface area contributed by atoms with Gasteiger partial charge in [0, 0.05) is 51.3 Å². The number of hydrogen-bond donors (Lipinski definition) is 0. The van der Waals surface area contributed by atoms with Gasteiger partial charge in [-0.3, -0.25) is 4.90 Å². The number of pyridine rings is 1. The molecule has 114 valence electrons. The molecule has 3 rings (SSSR count). The number of rotatable bonds is 3. The van der Waals surface area contributed by atoms with Gasteiger partial charge in [-0.1, -0.05) is 0 Å². The summed E-state index contributed by atoms with van der Waals surface area (Å²) in [7, 11) is 2.03. The van der Waals surface area contributed by atoms with Crippen molar-refractivity contribution in [1.29, 1.82) is 5.26 Å². The summed E-state index contributed by atoms with van der Waals surface area (Å²) in [6.07, 6.45) is 5.47. The molecule has 22 heavy (non-hydrogen) atoms. The molecule has 0 aliphatic carbocycles. The SMILES string of the molecule is C[C@H]1CN(c2ccc(C#N)cn2)CCN1Cc1nccn1C. The van der Waals surface area contributed by atoms with Crippen LogP contribution in [0.4, 0.5) is 5.82 Å². The Kier molecular flexibility index (Phi) is 4.07. The highest BCUT2D eigenvalue weighted by Crippen LogP contribution is 2.18. The van der Waals surface area contributed by atoms with Crippen molar-refractivity contribution in [2.75, 3.05) is 24.5 Å². The Morgan fingerprint density at radius 1 is 1.32 bits per heavy atom. The molecule has 3 heterocycles. The largest absolute Gasteiger partial charge is 0.354 e. The van der Waals surface area contributed by atoms with Gasteiger partial charge in [-0.05, 0) is 19.1 Å². The Morgan fingerprint density at radius 3 is 2.77 bits per heavy atom. The number of hydrogen-bond acceptors (Lipinski definition) is 5. The van der Waals surface area contributed by atoms with E-state index in [0.29, 0.717) is 11.6 Å². The summed E-state index contributed by atoms with van der Waals surface area (Å²) in [5, 5.41) is 8.84. The third kappa shape index (κ3) is 2.95. The second kappa shape index (κ2) is 6.16. The minimum atomic E-state index is 0.433. The molecule has 0 N–H and O–H groups in total. The summed E-state index contributed by atoms with van der Waals surface area (Å²) in [4.78, 5) is 13.5. The van der Waals surface area contributed by atoms with Crippen LogP contribution in [0.2, 0.25) is 0 Å². The molecule has 0 unspecified atom stereocenters. The van der Waals surface area contributed by atoms with Crippen molar-refractivity contribution in [3.8, 4) is 6.07 Å². The monoisotopic (exact) mass is 296 g/mol. The molecule has 0 spiro atoms. The van der Waals surface area contributed by atoms with Crippen LogP contribution in [0.25, 0.3) is 0 Å². The molecule has 0 radical (unpaired) electrons. The number of imidazole rings is 1. The first kappa shape index (κ1) is 14.5. The maximum Gasteiger partial charge on any atom is 0.128 e. The van der Waals surface area contributed by atoms with Crippen LogP contribution in [-0.2, 0) is 13.6 Å². The molecule has 2 aromatic heterocycles. The second-order valence-electron chi connectivity index (χ2n) is 5.74. The van der Waals surface area contributed by atoms with Crippen molar-refractivity contribution >= 4 is 5.82 Å². The van der Waals surface area contributed by atoms with Gasteiger partial charge in [-0.25, -0.2) is 9.97 Å². The van der Waals surface area contributed by atoms with E-state index in [1.165, 1.54) is 0 Å². The van der Waals surface area contributed by atoms with Gasteiger partial charge in [0.1, 0.15) is 17.7 Å². The summed E-state index contributed by atoms with van der Waals surface area (Å²) >= 11 is 0. The van der Waals surface area contributed by atoms with Gasteiger partial charge in [0.25, 0.3) is 0 Å². The van der Waals surface area contributed by atoms with E-state index in [1.807, 2.05) is 31.6 Å². The van der Waals surface area contributed by atoms with Crippen molar-refractivity contribution < 1.29 is 0 Å². The van der Waals surface area contributed by atoms with Gasteiger partial charge in [0.2, 0.25) is 0 Å². The fourth-order valence-corrected chi connectivity index (χ4v) is 2.81. The molecule has 2 aromatic rings. The van der Waals surface area contributed by atoms with Crippen molar-refractivity contribution in [3.63, 3.8) is 0 Å². The van der Waals surface area contributed by atoms with E-state index >= 15 is 0 Å². The van der Waals surface area contributed by atoms with Gasteiger partial charge < -0.3 is 9.47 Å². The number of aryl methyl sites for hydroxylation is 1. The first-order valence-electron chi connectivity index (χ1n) is 7.48. The van der Waals surface area contributed by atoms with E-state index in [4.69, 9.17) is 5.26 Å².